The van der Waals surface area contributed by atoms with Crippen LogP contribution in [0.2, 0.25) is 0 Å². The molecule has 0 N–H and O–H groups in total. The maximum Gasteiger partial charge on any atom is 0.226 e. The number of ether oxygens (including phenoxy) is 1. The summed E-state index contributed by atoms with van der Waals surface area (Å²) in [5.74, 6) is 2.42. The highest BCUT2D eigenvalue weighted by atomic mass is 16.5. The summed E-state index contributed by atoms with van der Waals surface area (Å²) in [6.45, 7) is 10.0. The van der Waals surface area contributed by atoms with Crippen LogP contribution < -0.4 is 4.74 Å². The molecule has 0 fully saturated rings. The Kier molecular flexibility index (Phi) is 6.66. The lowest BCUT2D eigenvalue weighted by Gasteiger charge is -2.18. The van der Waals surface area contributed by atoms with Crippen molar-refractivity contribution in [3.05, 3.63) is 71.6 Å². The van der Waals surface area contributed by atoms with Crippen LogP contribution in [0.25, 0.3) is 11.5 Å². The van der Waals surface area contributed by atoms with Gasteiger partial charge in [0.15, 0.2) is 0 Å². The first-order chi connectivity index (χ1) is 13.2. The Hall–Kier alpha value is -2.59. The minimum absolute atomic E-state index is 0.580. The van der Waals surface area contributed by atoms with Gasteiger partial charge in [-0.05, 0) is 49.8 Å². The predicted octanol–water partition coefficient (Wildman–Crippen LogP) is 5.11. The van der Waals surface area contributed by atoms with Crippen LogP contribution in [-0.2, 0) is 13.0 Å². The maximum absolute atomic E-state index is 5.90. The quantitative estimate of drug-likeness (QED) is 0.529. The third kappa shape index (κ3) is 5.20. The van der Waals surface area contributed by atoms with E-state index >= 15 is 0 Å². The maximum atomic E-state index is 5.90. The summed E-state index contributed by atoms with van der Waals surface area (Å²) in [6.07, 6.45) is 0.726. The zero-order chi connectivity index (χ0) is 19.1. The molecule has 1 aromatic heterocycles. The van der Waals surface area contributed by atoms with Crippen molar-refractivity contribution in [3.8, 4) is 17.2 Å². The molecule has 0 amide bonds. The van der Waals surface area contributed by atoms with Gasteiger partial charge in [0.2, 0.25) is 5.89 Å². The van der Waals surface area contributed by atoms with Gasteiger partial charge in [-0.2, -0.15) is 0 Å². The number of nitrogens with zero attached hydrogens (tertiary/aromatic N) is 2. The molecule has 0 atom stereocenters. The number of aryl methyl sites for hydroxylation is 1. The minimum atomic E-state index is 0.580. The number of oxazole rings is 1. The van der Waals surface area contributed by atoms with Crippen LogP contribution in [-0.4, -0.2) is 29.6 Å². The highest BCUT2D eigenvalue weighted by Crippen LogP contribution is 2.22. The lowest BCUT2D eigenvalue weighted by atomic mass is 10.2. The molecule has 3 aromatic rings. The molecule has 0 aliphatic heterocycles. The third-order valence-electron chi connectivity index (χ3n) is 4.74. The van der Waals surface area contributed by atoms with Crippen LogP contribution >= 0.6 is 0 Å². The predicted molar refractivity (Wildman–Crippen MR) is 109 cm³/mol. The highest BCUT2D eigenvalue weighted by Gasteiger charge is 2.11. The van der Waals surface area contributed by atoms with Crippen LogP contribution in [0.5, 0.6) is 5.75 Å². The molecule has 0 saturated carbocycles. The van der Waals surface area contributed by atoms with E-state index in [2.05, 4.69) is 35.9 Å². The molecule has 0 aliphatic carbocycles. The van der Waals surface area contributed by atoms with E-state index in [0.717, 1.165) is 48.8 Å². The van der Waals surface area contributed by atoms with Crippen LogP contribution in [0, 0.1) is 6.92 Å². The van der Waals surface area contributed by atoms with E-state index < -0.39 is 0 Å². The van der Waals surface area contributed by atoms with Crippen molar-refractivity contribution in [2.75, 3.05) is 19.7 Å². The summed E-state index contributed by atoms with van der Waals surface area (Å²) < 4.78 is 11.7. The van der Waals surface area contributed by atoms with Gasteiger partial charge in [-0.15, -0.1) is 0 Å². The van der Waals surface area contributed by atoms with Gasteiger partial charge < -0.3 is 9.15 Å². The molecule has 0 bridgehead atoms. The normalized spacial score (nSPS) is 11.1. The van der Waals surface area contributed by atoms with E-state index in [1.807, 2.05) is 49.4 Å². The fraction of sp³-hybridized carbons (Fsp3) is 0.348. The monoisotopic (exact) mass is 364 g/mol. The molecular formula is C23H28N2O2. The van der Waals surface area contributed by atoms with Crippen LogP contribution in [0.3, 0.4) is 0 Å². The Balaban J connectivity index is 1.53. The van der Waals surface area contributed by atoms with Gasteiger partial charge in [-0.25, -0.2) is 4.98 Å². The highest BCUT2D eigenvalue weighted by molar-refractivity contribution is 5.53. The van der Waals surface area contributed by atoms with E-state index in [9.17, 15) is 0 Å². The summed E-state index contributed by atoms with van der Waals surface area (Å²) in [5.41, 5.74) is 3.26. The molecule has 3 rings (SSSR count). The lowest BCUT2D eigenvalue weighted by Crippen LogP contribution is -2.21. The van der Waals surface area contributed by atoms with Crippen molar-refractivity contribution in [1.82, 2.24) is 9.88 Å². The fourth-order valence-corrected chi connectivity index (χ4v) is 3.03. The molecule has 0 saturated heterocycles. The van der Waals surface area contributed by atoms with E-state index in [1.54, 1.807) is 0 Å². The van der Waals surface area contributed by atoms with Gasteiger partial charge in [-0.1, -0.05) is 44.2 Å². The number of aromatic nitrogens is 1. The summed E-state index contributed by atoms with van der Waals surface area (Å²) >= 11 is 0. The van der Waals surface area contributed by atoms with Gasteiger partial charge in [0.25, 0.3) is 0 Å². The first-order valence-corrected chi connectivity index (χ1v) is 9.65. The first-order valence-electron chi connectivity index (χ1n) is 9.65. The Morgan fingerprint density at radius 1 is 0.963 bits per heavy atom. The minimum Gasteiger partial charge on any atom is -0.493 e. The van der Waals surface area contributed by atoms with Crippen molar-refractivity contribution in [1.29, 1.82) is 0 Å². The molecule has 1 heterocycles. The van der Waals surface area contributed by atoms with Crippen molar-refractivity contribution in [3.63, 3.8) is 0 Å². The molecule has 0 radical (unpaired) electrons. The summed E-state index contributed by atoms with van der Waals surface area (Å²) in [6, 6.07) is 18.3. The number of hydrogen-bond acceptors (Lipinski definition) is 4. The average Bonchev–Trinajstić information content (AvgIpc) is 3.08. The van der Waals surface area contributed by atoms with Crippen molar-refractivity contribution < 1.29 is 9.15 Å². The molecule has 142 valence electrons. The van der Waals surface area contributed by atoms with E-state index in [1.165, 1.54) is 5.56 Å². The van der Waals surface area contributed by atoms with Gasteiger partial charge in [0.05, 0.1) is 12.3 Å². The molecule has 27 heavy (non-hydrogen) atoms. The molecule has 4 heteroatoms. The zero-order valence-corrected chi connectivity index (χ0v) is 16.4. The fourth-order valence-electron chi connectivity index (χ4n) is 3.03. The van der Waals surface area contributed by atoms with E-state index in [-0.39, 0.29) is 0 Å². The molecular weight excluding hydrogens is 336 g/mol. The van der Waals surface area contributed by atoms with Crippen molar-refractivity contribution >= 4 is 0 Å². The second-order valence-electron chi connectivity index (χ2n) is 6.59. The lowest BCUT2D eigenvalue weighted by molar-refractivity contribution is 0.295. The van der Waals surface area contributed by atoms with Crippen LogP contribution in [0.4, 0.5) is 0 Å². The van der Waals surface area contributed by atoms with E-state index in [4.69, 9.17) is 9.15 Å². The van der Waals surface area contributed by atoms with Gasteiger partial charge in [0, 0.05) is 18.5 Å². The molecule has 2 aromatic carbocycles. The smallest absolute Gasteiger partial charge is 0.226 e. The number of hydrogen-bond donors (Lipinski definition) is 0. The molecule has 0 aliphatic rings. The largest absolute Gasteiger partial charge is 0.493 e. The average molecular weight is 364 g/mol. The Morgan fingerprint density at radius 3 is 2.33 bits per heavy atom. The number of rotatable bonds is 9. The Labute approximate surface area is 161 Å². The zero-order valence-electron chi connectivity index (χ0n) is 16.4. The van der Waals surface area contributed by atoms with E-state index in [0.29, 0.717) is 12.5 Å². The van der Waals surface area contributed by atoms with Crippen molar-refractivity contribution in [2.45, 2.75) is 33.7 Å². The number of benzene rings is 2. The summed E-state index contributed by atoms with van der Waals surface area (Å²) in [5, 5.41) is 0. The van der Waals surface area contributed by atoms with Crippen molar-refractivity contribution in [2.24, 2.45) is 0 Å². The summed E-state index contributed by atoms with van der Waals surface area (Å²) in [7, 11) is 0. The topological polar surface area (TPSA) is 38.5 Å². The molecule has 0 spiro atoms. The van der Waals surface area contributed by atoms with Gasteiger partial charge in [-0.3, -0.25) is 4.90 Å². The third-order valence-corrected chi connectivity index (χ3v) is 4.74. The Bertz CT molecular complexity index is 821. The standard InChI is InChI=1S/C23H28N2O2/c1-4-25(5-2)17-19-11-13-21(14-12-19)26-16-15-22-18(3)27-23(24-22)20-9-7-6-8-10-20/h6-14H,4-5,15-17H2,1-3H3. The van der Waals surface area contributed by atoms with Crippen LogP contribution in [0.15, 0.2) is 59.0 Å². The molecule has 4 nitrogen and oxygen atoms in total. The Morgan fingerprint density at radius 2 is 1.67 bits per heavy atom. The van der Waals surface area contributed by atoms with Gasteiger partial charge in [0.1, 0.15) is 11.5 Å². The first kappa shape index (κ1) is 19.2. The molecule has 0 unspecified atom stereocenters. The summed E-state index contributed by atoms with van der Waals surface area (Å²) in [4.78, 5) is 7.02. The van der Waals surface area contributed by atoms with Crippen LogP contribution in [0.1, 0.15) is 30.9 Å². The second-order valence-corrected chi connectivity index (χ2v) is 6.59. The van der Waals surface area contributed by atoms with Gasteiger partial charge >= 0.3 is 0 Å². The SMILES string of the molecule is CCN(CC)Cc1ccc(OCCc2nc(-c3ccccc3)oc2C)cc1. The second kappa shape index (κ2) is 9.38.